The van der Waals surface area contributed by atoms with Gasteiger partial charge < -0.3 is 20.0 Å². The maximum atomic E-state index is 12.6. The van der Waals surface area contributed by atoms with E-state index >= 15 is 0 Å². The molecule has 1 N–H and O–H groups in total. The molecule has 1 aromatic carbocycles. The molecule has 0 radical (unpaired) electrons. The summed E-state index contributed by atoms with van der Waals surface area (Å²) in [7, 11) is 3.95. The second kappa shape index (κ2) is 8.73. The summed E-state index contributed by atoms with van der Waals surface area (Å²) in [5.41, 5.74) is 1.10. The number of guanidine groups is 1. The summed E-state index contributed by atoms with van der Waals surface area (Å²) in [4.78, 5) is 23.3. The van der Waals surface area contributed by atoms with Gasteiger partial charge in [-0.3, -0.25) is 9.79 Å². The Balaban J connectivity index is 1.50. The van der Waals surface area contributed by atoms with Gasteiger partial charge in [0.05, 0.1) is 6.54 Å². The molecule has 3 rings (SSSR count). The minimum Gasteiger partial charge on any atom is -0.356 e. The van der Waals surface area contributed by atoms with Gasteiger partial charge in [0.2, 0.25) is 5.91 Å². The number of benzene rings is 1. The monoisotopic (exact) mass is 377 g/mol. The number of amides is 1. The van der Waals surface area contributed by atoms with Crippen molar-refractivity contribution < 1.29 is 4.79 Å². The summed E-state index contributed by atoms with van der Waals surface area (Å²) in [6, 6.07) is 7.68. The second-order valence-corrected chi connectivity index (χ2v) is 7.64. The molecule has 0 aromatic heterocycles. The average molecular weight is 378 g/mol. The zero-order valence-electron chi connectivity index (χ0n) is 15.6. The highest BCUT2D eigenvalue weighted by molar-refractivity contribution is 6.30. The molecule has 1 amide bonds. The van der Waals surface area contributed by atoms with Crippen LogP contribution in [-0.4, -0.2) is 79.9 Å². The predicted octanol–water partition coefficient (Wildman–Crippen LogP) is 1.51. The van der Waals surface area contributed by atoms with Gasteiger partial charge in [-0.05, 0) is 43.6 Å². The number of hydrogen-bond acceptors (Lipinski definition) is 3. The van der Waals surface area contributed by atoms with Crippen LogP contribution in [0.3, 0.4) is 0 Å². The van der Waals surface area contributed by atoms with Gasteiger partial charge in [0.15, 0.2) is 5.96 Å². The molecule has 1 unspecified atom stereocenters. The number of rotatable bonds is 4. The number of aliphatic imine (C=N–C) groups is 1. The van der Waals surface area contributed by atoms with Crippen molar-refractivity contribution in [1.82, 2.24) is 20.0 Å². The molecule has 0 aliphatic carbocycles. The van der Waals surface area contributed by atoms with E-state index in [1.165, 1.54) is 6.42 Å². The Morgan fingerprint density at radius 1 is 1.27 bits per heavy atom. The fourth-order valence-corrected chi connectivity index (χ4v) is 3.75. The van der Waals surface area contributed by atoms with Crippen molar-refractivity contribution in [2.45, 2.75) is 13.0 Å². The van der Waals surface area contributed by atoms with E-state index in [1.54, 1.807) is 7.05 Å². The van der Waals surface area contributed by atoms with Gasteiger partial charge in [-0.2, -0.15) is 0 Å². The van der Waals surface area contributed by atoms with Crippen LogP contribution >= 0.6 is 11.6 Å². The number of carbonyl (C=O) groups excluding carboxylic acids is 1. The lowest BCUT2D eigenvalue weighted by Gasteiger charge is -2.36. The first-order chi connectivity index (χ1) is 12.5. The largest absolute Gasteiger partial charge is 0.356 e. The number of nitrogens with one attached hydrogen (secondary N) is 1. The Kier molecular flexibility index (Phi) is 6.38. The molecule has 1 atom stereocenters. The van der Waals surface area contributed by atoms with E-state index in [9.17, 15) is 4.79 Å². The van der Waals surface area contributed by atoms with Crippen LogP contribution in [0.15, 0.2) is 29.3 Å². The normalized spacial score (nSPS) is 22.2. The number of piperazine rings is 1. The molecule has 1 aromatic rings. The summed E-state index contributed by atoms with van der Waals surface area (Å²) in [5.74, 6) is 1.62. The molecule has 26 heavy (non-hydrogen) atoms. The Hall–Kier alpha value is -1.79. The number of halogens is 1. The lowest BCUT2D eigenvalue weighted by molar-refractivity contribution is -0.135. The van der Waals surface area contributed by atoms with Crippen LogP contribution < -0.4 is 5.32 Å². The second-order valence-electron chi connectivity index (χ2n) is 7.21. The summed E-state index contributed by atoms with van der Waals surface area (Å²) < 4.78 is 0. The summed E-state index contributed by atoms with van der Waals surface area (Å²) in [6.07, 6.45) is 1.22. The summed E-state index contributed by atoms with van der Waals surface area (Å²) >= 11 is 5.93. The number of nitrogens with zero attached hydrogens (tertiary/aromatic N) is 4. The number of carbonyl (C=O) groups is 1. The fourth-order valence-electron chi connectivity index (χ4n) is 3.63. The van der Waals surface area contributed by atoms with E-state index < -0.39 is 0 Å². The molecule has 0 spiro atoms. The van der Waals surface area contributed by atoms with Gasteiger partial charge in [-0.1, -0.05) is 23.7 Å². The maximum absolute atomic E-state index is 12.6. The lowest BCUT2D eigenvalue weighted by Crippen LogP contribution is -2.55. The Bertz CT molecular complexity index is 648. The molecule has 2 aliphatic rings. The zero-order valence-corrected chi connectivity index (χ0v) is 16.4. The van der Waals surface area contributed by atoms with Gasteiger partial charge in [0.1, 0.15) is 0 Å². The molecule has 2 saturated heterocycles. The van der Waals surface area contributed by atoms with E-state index in [0.717, 1.165) is 37.7 Å². The highest BCUT2D eigenvalue weighted by atomic mass is 35.5. The van der Waals surface area contributed by atoms with Crippen molar-refractivity contribution in [3.8, 4) is 0 Å². The van der Waals surface area contributed by atoms with E-state index in [4.69, 9.17) is 11.6 Å². The number of likely N-dealkylation sites (tertiary alicyclic amines) is 1. The third-order valence-corrected chi connectivity index (χ3v) is 5.41. The smallest absolute Gasteiger partial charge is 0.242 e. The fraction of sp³-hybridized carbons (Fsp3) is 0.579. The van der Waals surface area contributed by atoms with Crippen molar-refractivity contribution in [3.63, 3.8) is 0 Å². The van der Waals surface area contributed by atoms with E-state index in [1.807, 2.05) is 29.2 Å². The SMILES string of the molecule is CN=C(NCC1CCN(C)C1)N1CCN(Cc2ccc(Cl)cc2)C(=O)C1. The molecular formula is C19H28ClN5O. The zero-order chi connectivity index (χ0) is 18.5. The predicted molar refractivity (Wildman–Crippen MR) is 105 cm³/mol. The molecule has 2 fully saturated rings. The Labute approximate surface area is 160 Å². The molecule has 6 nitrogen and oxygen atoms in total. The van der Waals surface area contributed by atoms with Crippen molar-refractivity contribution in [3.05, 3.63) is 34.9 Å². The van der Waals surface area contributed by atoms with E-state index in [-0.39, 0.29) is 5.91 Å². The van der Waals surface area contributed by atoms with Gasteiger partial charge in [0, 0.05) is 44.8 Å². The van der Waals surface area contributed by atoms with Crippen LogP contribution in [0, 0.1) is 5.92 Å². The van der Waals surface area contributed by atoms with Crippen LogP contribution in [0.1, 0.15) is 12.0 Å². The van der Waals surface area contributed by atoms with Gasteiger partial charge in [-0.15, -0.1) is 0 Å². The van der Waals surface area contributed by atoms with Crippen molar-refractivity contribution in [2.24, 2.45) is 10.9 Å². The quantitative estimate of drug-likeness (QED) is 0.638. The van der Waals surface area contributed by atoms with Crippen LogP contribution in [0.4, 0.5) is 0 Å². The molecule has 2 heterocycles. The molecule has 0 saturated carbocycles. The molecular weight excluding hydrogens is 350 g/mol. The maximum Gasteiger partial charge on any atom is 0.242 e. The minimum atomic E-state index is 0.134. The molecule has 7 heteroatoms. The average Bonchev–Trinajstić information content (AvgIpc) is 3.05. The minimum absolute atomic E-state index is 0.134. The third-order valence-electron chi connectivity index (χ3n) is 5.15. The van der Waals surface area contributed by atoms with Crippen LogP contribution in [-0.2, 0) is 11.3 Å². The Morgan fingerprint density at radius 3 is 2.65 bits per heavy atom. The lowest BCUT2D eigenvalue weighted by atomic mass is 10.1. The van der Waals surface area contributed by atoms with E-state index in [2.05, 4.69) is 27.2 Å². The highest BCUT2D eigenvalue weighted by Gasteiger charge is 2.27. The molecule has 0 bridgehead atoms. The first-order valence-corrected chi connectivity index (χ1v) is 9.59. The van der Waals surface area contributed by atoms with Crippen molar-refractivity contribution in [2.75, 3.05) is 53.4 Å². The molecule has 2 aliphatic heterocycles. The van der Waals surface area contributed by atoms with Gasteiger partial charge >= 0.3 is 0 Å². The first-order valence-electron chi connectivity index (χ1n) is 9.21. The summed E-state index contributed by atoms with van der Waals surface area (Å²) in [5, 5.41) is 4.17. The van der Waals surface area contributed by atoms with Crippen LogP contribution in [0.25, 0.3) is 0 Å². The van der Waals surface area contributed by atoms with Crippen LogP contribution in [0.2, 0.25) is 5.02 Å². The van der Waals surface area contributed by atoms with Gasteiger partial charge in [-0.25, -0.2) is 0 Å². The standard InChI is InChI=1S/C19H28ClN5O/c1-21-19(22-11-16-7-8-23(2)12-16)25-10-9-24(18(26)14-25)13-15-3-5-17(20)6-4-15/h3-6,16H,7-14H2,1-2H3,(H,21,22). The van der Waals surface area contributed by atoms with Crippen LogP contribution in [0.5, 0.6) is 0 Å². The first kappa shape index (κ1) is 19.0. The Morgan fingerprint density at radius 2 is 2.04 bits per heavy atom. The van der Waals surface area contributed by atoms with Gasteiger partial charge in [0.25, 0.3) is 0 Å². The molecule has 142 valence electrons. The van der Waals surface area contributed by atoms with Crippen molar-refractivity contribution >= 4 is 23.5 Å². The number of hydrogen-bond donors (Lipinski definition) is 1. The van der Waals surface area contributed by atoms with Crippen molar-refractivity contribution in [1.29, 1.82) is 0 Å². The topological polar surface area (TPSA) is 51.2 Å². The highest BCUT2D eigenvalue weighted by Crippen LogP contribution is 2.15. The van der Waals surface area contributed by atoms with E-state index in [0.29, 0.717) is 30.6 Å². The summed E-state index contributed by atoms with van der Waals surface area (Å²) in [6.45, 7) is 5.70. The third kappa shape index (κ3) is 4.89.